The Labute approximate surface area is 147 Å². The highest BCUT2D eigenvalue weighted by atomic mass is 16.6. The normalized spacial score (nSPS) is 12.8. The molecule has 2 rings (SSSR count). The molecule has 0 aliphatic heterocycles. The third kappa shape index (κ3) is 4.42. The first-order chi connectivity index (χ1) is 12.1. The van der Waals surface area contributed by atoms with Crippen LogP contribution in [-0.4, -0.2) is 40.5 Å². The molecular weight excluding hydrogens is 322 g/mol. The predicted octanol–water partition coefficient (Wildman–Crippen LogP) is 3.05. The molecule has 0 saturated carbocycles. The lowest BCUT2D eigenvalue weighted by Crippen LogP contribution is -2.35. The van der Waals surface area contributed by atoms with Gasteiger partial charge in [-0.25, -0.2) is 4.79 Å². The number of hydrogen-bond acceptors (Lipinski definition) is 6. The molecule has 0 fully saturated rings. The first-order valence-electron chi connectivity index (χ1n) is 7.78. The summed E-state index contributed by atoms with van der Waals surface area (Å²) in [6, 6.07) is 14.4. The molecule has 0 saturated heterocycles. The quantitative estimate of drug-likeness (QED) is 0.742. The maximum absolute atomic E-state index is 12.2. The van der Waals surface area contributed by atoms with Gasteiger partial charge in [-0.3, -0.25) is 0 Å². The molecule has 2 aromatic rings. The van der Waals surface area contributed by atoms with Crippen molar-refractivity contribution < 1.29 is 23.7 Å². The second-order valence-electron chi connectivity index (χ2n) is 5.27. The van der Waals surface area contributed by atoms with E-state index in [0.29, 0.717) is 5.75 Å². The number of anilines is 1. The average molecular weight is 345 g/mol. The Bertz CT molecular complexity index is 686. The Morgan fingerprint density at radius 2 is 1.60 bits per heavy atom. The summed E-state index contributed by atoms with van der Waals surface area (Å²) in [4.78, 5) is 12.2. The van der Waals surface area contributed by atoms with Gasteiger partial charge < -0.3 is 24.3 Å². The molecule has 0 spiro atoms. The van der Waals surface area contributed by atoms with E-state index >= 15 is 0 Å². The van der Waals surface area contributed by atoms with Crippen molar-refractivity contribution in [3.63, 3.8) is 0 Å². The number of rotatable bonds is 8. The van der Waals surface area contributed by atoms with Crippen molar-refractivity contribution in [3.05, 3.63) is 54.1 Å². The number of hydrogen-bond donors (Lipinski definition) is 1. The predicted molar refractivity (Wildman–Crippen MR) is 95.2 cm³/mol. The Morgan fingerprint density at radius 3 is 2.16 bits per heavy atom. The maximum Gasteiger partial charge on any atom is 0.337 e. The number of benzene rings is 2. The molecule has 0 aliphatic carbocycles. The molecular formula is C19H23NO5. The van der Waals surface area contributed by atoms with E-state index in [1.807, 2.05) is 48.5 Å². The monoisotopic (exact) mass is 345 g/mol. The zero-order chi connectivity index (χ0) is 18.2. The minimum atomic E-state index is -0.830. The van der Waals surface area contributed by atoms with Gasteiger partial charge in [-0.1, -0.05) is 24.3 Å². The van der Waals surface area contributed by atoms with E-state index in [2.05, 4.69) is 5.32 Å². The van der Waals surface area contributed by atoms with Gasteiger partial charge in [0.25, 0.3) is 0 Å². The molecule has 0 aliphatic rings. The molecule has 0 amide bonds. The lowest BCUT2D eigenvalue weighted by molar-refractivity contribution is -0.153. The summed E-state index contributed by atoms with van der Waals surface area (Å²) in [6.45, 7) is 0. The molecule has 0 aromatic heterocycles. The zero-order valence-corrected chi connectivity index (χ0v) is 14.8. The van der Waals surface area contributed by atoms with Gasteiger partial charge in [0.15, 0.2) is 6.10 Å². The summed E-state index contributed by atoms with van der Waals surface area (Å²) < 4.78 is 20.9. The second-order valence-corrected chi connectivity index (χ2v) is 5.27. The Morgan fingerprint density at radius 1 is 0.920 bits per heavy atom. The molecule has 134 valence electrons. The van der Waals surface area contributed by atoms with E-state index in [0.717, 1.165) is 17.0 Å². The Hall–Kier alpha value is -2.73. The van der Waals surface area contributed by atoms with Gasteiger partial charge >= 0.3 is 5.97 Å². The summed E-state index contributed by atoms with van der Waals surface area (Å²) in [5.74, 6) is 0.929. The van der Waals surface area contributed by atoms with Crippen molar-refractivity contribution in [3.8, 4) is 11.5 Å². The van der Waals surface area contributed by atoms with Crippen LogP contribution in [0.25, 0.3) is 0 Å². The number of carbonyl (C=O) groups excluding carboxylic acids is 1. The first-order valence-corrected chi connectivity index (χ1v) is 7.78. The van der Waals surface area contributed by atoms with Gasteiger partial charge in [-0.2, -0.15) is 0 Å². The number of carbonyl (C=O) groups is 1. The molecule has 0 unspecified atom stereocenters. The van der Waals surface area contributed by atoms with Crippen molar-refractivity contribution >= 4 is 11.7 Å². The number of nitrogens with one attached hydrogen (secondary N) is 1. The minimum Gasteiger partial charge on any atom is -0.497 e. The van der Waals surface area contributed by atoms with Crippen LogP contribution in [0.4, 0.5) is 5.69 Å². The molecule has 0 radical (unpaired) electrons. The van der Waals surface area contributed by atoms with Crippen LogP contribution in [0.15, 0.2) is 48.5 Å². The number of ether oxygens (including phenoxy) is 4. The van der Waals surface area contributed by atoms with E-state index in [9.17, 15) is 4.79 Å². The third-order valence-corrected chi connectivity index (χ3v) is 3.88. The first kappa shape index (κ1) is 18.6. The van der Waals surface area contributed by atoms with E-state index in [1.54, 1.807) is 14.2 Å². The lowest BCUT2D eigenvalue weighted by atomic mass is 10.00. The van der Waals surface area contributed by atoms with E-state index < -0.39 is 18.1 Å². The van der Waals surface area contributed by atoms with Crippen LogP contribution in [0.3, 0.4) is 0 Å². The lowest BCUT2D eigenvalue weighted by Gasteiger charge is -2.27. The van der Waals surface area contributed by atoms with Crippen LogP contribution in [0.5, 0.6) is 11.5 Å². The van der Waals surface area contributed by atoms with Gasteiger partial charge in [0, 0.05) is 7.11 Å². The number of methoxy groups -OCH3 is 4. The Balaban J connectivity index is 2.41. The summed E-state index contributed by atoms with van der Waals surface area (Å²) in [7, 11) is 6.01. The fraction of sp³-hybridized carbons (Fsp3) is 0.316. The standard InChI is InChI=1S/C19H23NO5/c1-22-14-11-9-13(10-12-14)17(18(24-3)19(21)25-4)20-15-7-5-6-8-16(15)23-2/h5-12,17-18,20H,1-4H3/t17-,18-/m0/s1. The topological polar surface area (TPSA) is 66.0 Å². The molecule has 2 aromatic carbocycles. The largest absolute Gasteiger partial charge is 0.497 e. The van der Waals surface area contributed by atoms with Crippen molar-refractivity contribution in [2.24, 2.45) is 0 Å². The van der Waals surface area contributed by atoms with E-state index in [1.165, 1.54) is 14.2 Å². The van der Waals surface area contributed by atoms with Crippen LogP contribution in [0, 0.1) is 0 Å². The summed E-state index contributed by atoms with van der Waals surface area (Å²) >= 11 is 0. The molecule has 0 heterocycles. The summed E-state index contributed by atoms with van der Waals surface area (Å²) in [6.07, 6.45) is -0.830. The molecule has 1 N–H and O–H groups in total. The third-order valence-electron chi connectivity index (χ3n) is 3.88. The van der Waals surface area contributed by atoms with Gasteiger partial charge in [0.05, 0.1) is 33.1 Å². The van der Waals surface area contributed by atoms with Crippen LogP contribution in [-0.2, 0) is 14.3 Å². The fourth-order valence-corrected chi connectivity index (χ4v) is 2.56. The number of esters is 1. The second kappa shape index (κ2) is 8.94. The molecule has 25 heavy (non-hydrogen) atoms. The summed E-state index contributed by atoms with van der Waals surface area (Å²) in [5.41, 5.74) is 1.60. The van der Waals surface area contributed by atoms with Crippen molar-refractivity contribution in [1.29, 1.82) is 0 Å². The molecule has 6 nitrogen and oxygen atoms in total. The SMILES string of the molecule is COC(=O)[C@@H](OC)[C@@H](Nc1ccccc1OC)c1ccc(OC)cc1. The average Bonchev–Trinajstić information content (AvgIpc) is 2.67. The zero-order valence-electron chi connectivity index (χ0n) is 14.8. The molecule has 6 heteroatoms. The Kier molecular flexibility index (Phi) is 6.65. The van der Waals surface area contributed by atoms with Gasteiger partial charge in [0.2, 0.25) is 0 Å². The maximum atomic E-state index is 12.2. The highest BCUT2D eigenvalue weighted by molar-refractivity contribution is 5.77. The van der Waals surface area contributed by atoms with Crippen LogP contribution in [0.2, 0.25) is 0 Å². The van der Waals surface area contributed by atoms with Gasteiger partial charge in [0.1, 0.15) is 11.5 Å². The van der Waals surface area contributed by atoms with Crippen LogP contribution < -0.4 is 14.8 Å². The van der Waals surface area contributed by atoms with Crippen molar-refractivity contribution in [2.75, 3.05) is 33.8 Å². The van der Waals surface area contributed by atoms with E-state index in [4.69, 9.17) is 18.9 Å². The minimum absolute atomic E-state index is 0.467. The summed E-state index contributed by atoms with van der Waals surface area (Å²) in [5, 5.41) is 3.33. The van der Waals surface area contributed by atoms with Gasteiger partial charge in [-0.05, 0) is 29.8 Å². The van der Waals surface area contributed by atoms with Crippen LogP contribution >= 0.6 is 0 Å². The van der Waals surface area contributed by atoms with E-state index in [-0.39, 0.29) is 0 Å². The van der Waals surface area contributed by atoms with Crippen molar-refractivity contribution in [2.45, 2.75) is 12.1 Å². The molecule has 2 atom stereocenters. The van der Waals surface area contributed by atoms with Crippen molar-refractivity contribution in [1.82, 2.24) is 0 Å². The highest BCUT2D eigenvalue weighted by Gasteiger charge is 2.31. The smallest absolute Gasteiger partial charge is 0.337 e. The number of para-hydroxylation sites is 2. The highest BCUT2D eigenvalue weighted by Crippen LogP contribution is 2.31. The molecule has 0 bridgehead atoms. The fourth-order valence-electron chi connectivity index (χ4n) is 2.56. The van der Waals surface area contributed by atoms with Gasteiger partial charge in [-0.15, -0.1) is 0 Å². The van der Waals surface area contributed by atoms with Crippen LogP contribution in [0.1, 0.15) is 11.6 Å².